The van der Waals surface area contributed by atoms with Crippen molar-refractivity contribution in [1.82, 2.24) is 10.2 Å². The van der Waals surface area contributed by atoms with Crippen molar-refractivity contribution in [3.8, 4) is 11.1 Å². The molecule has 2 rings (SSSR count). The highest BCUT2D eigenvalue weighted by Gasteiger charge is 2.32. The third-order valence-electron chi connectivity index (χ3n) is 4.51. The molecule has 0 aliphatic rings. The van der Waals surface area contributed by atoms with E-state index in [1.807, 2.05) is 55.4 Å². The van der Waals surface area contributed by atoms with Gasteiger partial charge in [0.25, 0.3) is 5.91 Å². The van der Waals surface area contributed by atoms with Gasteiger partial charge in [0.1, 0.15) is 6.61 Å². The minimum Gasteiger partial charge on any atom is -0.388 e. The zero-order valence-corrected chi connectivity index (χ0v) is 16.5. The van der Waals surface area contributed by atoms with Gasteiger partial charge in [0.2, 0.25) is 5.91 Å². The molecular formula is C21H25N3O4. The standard InChI is InChI=1S/C21H25N3O4/c1-22-20(27)19(18(26)13-25)24(4)21(28)16-7-5-14(6-8-16)15-9-11-17(12-10-15)23(2)3/h5-12,19,25H,13H2,1-4H3,(H,22,27). The van der Waals surface area contributed by atoms with E-state index < -0.39 is 30.2 Å². The second-order valence-electron chi connectivity index (χ2n) is 6.58. The summed E-state index contributed by atoms with van der Waals surface area (Å²) >= 11 is 0. The van der Waals surface area contributed by atoms with Gasteiger partial charge < -0.3 is 20.2 Å². The Balaban J connectivity index is 2.22. The van der Waals surface area contributed by atoms with Gasteiger partial charge in [-0.3, -0.25) is 14.4 Å². The Bertz CT molecular complexity index is 829. The lowest BCUT2D eigenvalue weighted by Crippen LogP contribution is -2.52. The lowest BCUT2D eigenvalue weighted by Gasteiger charge is -2.25. The molecule has 1 unspecified atom stereocenters. The smallest absolute Gasteiger partial charge is 0.254 e. The van der Waals surface area contributed by atoms with Crippen LogP contribution in [-0.4, -0.2) is 68.4 Å². The number of hydrogen-bond acceptors (Lipinski definition) is 5. The molecule has 0 bridgehead atoms. The Labute approximate surface area is 164 Å². The molecule has 0 aliphatic carbocycles. The van der Waals surface area contributed by atoms with Gasteiger partial charge in [0, 0.05) is 39.4 Å². The predicted octanol–water partition coefficient (Wildman–Crippen LogP) is 1.17. The lowest BCUT2D eigenvalue weighted by molar-refractivity contribution is -0.135. The molecule has 7 nitrogen and oxygen atoms in total. The average Bonchev–Trinajstić information content (AvgIpc) is 2.73. The first-order valence-corrected chi connectivity index (χ1v) is 8.80. The zero-order valence-electron chi connectivity index (χ0n) is 16.5. The molecule has 0 radical (unpaired) electrons. The van der Waals surface area contributed by atoms with Crippen molar-refractivity contribution in [2.75, 3.05) is 39.7 Å². The number of anilines is 1. The van der Waals surface area contributed by atoms with Crippen molar-refractivity contribution < 1.29 is 19.5 Å². The second-order valence-corrected chi connectivity index (χ2v) is 6.58. The van der Waals surface area contributed by atoms with E-state index in [9.17, 15) is 14.4 Å². The summed E-state index contributed by atoms with van der Waals surface area (Å²) < 4.78 is 0. The Morgan fingerprint density at radius 2 is 1.43 bits per heavy atom. The van der Waals surface area contributed by atoms with Crippen LogP contribution in [0.5, 0.6) is 0 Å². The number of amides is 2. The molecule has 0 aromatic heterocycles. The number of nitrogens with one attached hydrogen (secondary N) is 1. The third-order valence-corrected chi connectivity index (χ3v) is 4.51. The number of ketones is 1. The van der Waals surface area contributed by atoms with Gasteiger partial charge in [-0.2, -0.15) is 0 Å². The van der Waals surface area contributed by atoms with Crippen molar-refractivity contribution >= 4 is 23.3 Å². The monoisotopic (exact) mass is 383 g/mol. The number of aliphatic hydroxyl groups is 1. The van der Waals surface area contributed by atoms with Crippen molar-refractivity contribution in [3.05, 3.63) is 54.1 Å². The van der Waals surface area contributed by atoms with E-state index in [1.165, 1.54) is 14.1 Å². The molecule has 7 heteroatoms. The van der Waals surface area contributed by atoms with Gasteiger partial charge in [-0.05, 0) is 35.4 Å². The molecule has 0 fully saturated rings. The molecule has 2 amide bonds. The highest BCUT2D eigenvalue weighted by atomic mass is 16.3. The van der Waals surface area contributed by atoms with Crippen LogP contribution >= 0.6 is 0 Å². The summed E-state index contributed by atoms with van der Waals surface area (Å²) in [6, 6.07) is 13.6. The Morgan fingerprint density at radius 3 is 1.86 bits per heavy atom. The first kappa shape index (κ1) is 21.1. The van der Waals surface area contributed by atoms with Crippen LogP contribution in [0.4, 0.5) is 5.69 Å². The maximum Gasteiger partial charge on any atom is 0.254 e. The number of carbonyl (C=O) groups is 3. The van der Waals surface area contributed by atoms with Gasteiger partial charge >= 0.3 is 0 Å². The first-order valence-electron chi connectivity index (χ1n) is 8.80. The summed E-state index contributed by atoms with van der Waals surface area (Å²) in [6.07, 6.45) is 0. The summed E-state index contributed by atoms with van der Waals surface area (Å²) in [6.45, 7) is -0.822. The molecule has 148 valence electrons. The molecule has 2 aromatic carbocycles. The molecule has 1 atom stereocenters. The Morgan fingerprint density at radius 1 is 0.929 bits per heavy atom. The normalized spacial score (nSPS) is 11.5. The van der Waals surface area contributed by atoms with Crippen LogP contribution in [0.2, 0.25) is 0 Å². The van der Waals surface area contributed by atoms with Gasteiger partial charge in [0.05, 0.1) is 0 Å². The Hall–Kier alpha value is -3.19. The molecule has 2 N–H and O–H groups in total. The molecule has 0 spiro atoms. The topological polar surface area (TPSA) is 90.0 Å². The van der Waals surface area contributed by atoms with Crippen molar-refractivity contribution in [2.24, 2.45) is 0 Å². The van der Waals surface area contributed by atoms with Crippen LogP contribution in [-0.2, 0) is 9.59 Å². The summed E-state index contributed by atoms with van der Waals surface area (Å²) in [4.78, 5) is 39.6. The maximum atomic E-state index is 12.7. The minimum atomic E-state index is -1.37. The summed E-state index contributed by atoms with van der Waals surface area (Å²) in [5, 5.41) is 11.4. The molecule has 0 saturated heterocycles. The van der Waals surface area contributed by atoms with Crippen LogP contribution in [0.3, 0.4) is 0 Å². The molecule has 28 heavy (non-hydrogen) atoms. The number of nitrogens with zero attached hydrogens (tertiary/aromatic N) is 2. The second kappa shape index (κ2) is 9.14. The number of benzene rings is 2. The van der Waals surface area contributed by atoms with Crippen molar-refractivity contribution in [3.63, 3.8) is 0 Å². The van der Waals surface area contributed by atoms with Gasteiger partial charge in [0.15, 0.2) is 11.8 Å². The van der Waals surface area contributed by atoms with Crippen LogP contribution in [0.1, 0.15) is 10.4 Å². The van der Waals surface area contributed by atoms with Gasteiger partial charge in [-0.15, -0.1) is 0 Å². The van der Waals surface area contributed by atoms with E-state index in [1.54, 1.807) is 12.1 Å². The van der Waals surface area contributed by atoms with E-state index >= 15 is 0 Å². The van der Waals surface area contributed by atoms with E-state index in [0.717, 1.165) is 21.7 Å². The third kappa shape index (κ3) is 4.55. The highest BCUT2D eigenvalue weighted by Crippen LogP contribution is 2.23. The predicted molar refractivity (Wildman–Crippen MR) is 108 cm³/mol. The fraction of sp³-hybridized carbons (Fsp3) is 0.286. The quantitative estimate of drug-likeness (QED) is 0.701. The zero-order chi connectivity index (χ0) is 20.8. The number of hydrogen-bond donors (Lipinski definition) is 2. The number of carbonyl (C=O) groups excluding carboxylic acids is 3. The van der Waals surface area contributed by atoms with Crippen LogP contribution in [0.25, 0.3) is 11.1 Å². The number of Topliss-reactive ketones (excluding diaryl/α,β-unsaturated/α-hetero) is 1. The lowest BCUT2D eigenvalue weighted by atomic mass is 10.0. The molecule has 0 aliphatic heterocycles. The fourth-order valence-corrected chi connectivity index (χ4v) is 2.84. The first-order chi connectivity index (χ1) is 13.3. The fourth-order valence-electron chi connectivity index (χ4n) is 2.84. The largest absolute Gasteiger partial charge is 0.388 e. The van der Waals surface area contributed by atoms with Crippen LogP contribution in [0.15, 0.2) is 48.5 Å². The summed E-state index contributed by atoms with van der Waals surface area (Å²) in [5.74, 6) is -1.87. The SMILES string of the molecule is CNC(=O)C(C(=O)CO)N(C)C(=O)c1ccc(-c2ccc(N(C)C)cc2)cc1. The van der Waals surface area contributed by atoms with Gasteiger partial charge in [-0.1, -0.05) is 24.3 Å². The summed E-state index contributed by atoms with van der Waals surface area (Å²) in [5.41, 5.74) is 3.39. The van der Waals surface area contributed by atoms with E-state index in [4.69, 9.17) is 5.11 Å². The molecule has 0 saturated carbocycles. The van der Waals surface area contributed by atoms with Crippen LogP contribution in [0, 0.1) is 0 Å². The molecule has 0 heterocycles. The Kier molecular flexibility index (Phi) is 6.89. The van der Waals surface area contributed by atoms with Crippen LogP contribution < -0.4 is 10.2 Å². The number of rotatable bonds is 7. The maximum absolute atomic E-state index is 12.7. The van der Waals surface area contributed by atoms with E-state index in [0.29, 0.717) is 5.56 Å². The average molecular weight is 383 g/mol. The number of likely N-dealkylation sites (N-methyl/N-ethyl adjacent to an activating group) is 2. The minimum absolute atomic E-state index is 0.343. The van der Waals surface area contributed by atoms with Crippen molar-refractivity contribution in [2.45, 2.75) is 6.04 Å². The molecular weight excluding hydrogens is 358 g/mol. The van der Waals surface area contributed by atoms with Crippen molar-refractivity contribution in [1.29, 1.82) is 0 Å². The molecule has 2 aromatic rings. The highest BCUT2D eigenvalue weighted by molar-refractivity contribution is 6.10. The summed E-state index contributed by atoms with van der Waals surface area (Å²) in [7, 11) is 6.68. The van der Waals surface area contributed by atoms with E-state index in [-0.39, 0.29) is 0 Å². The van der Waals surface area contributed by atoms with Gasteiger partial charge in [-0.25, -0.2) is 0 Å². The van der Waals surface area contributed by atoms with E-state index in [2.05, 4.69) is 5.32 Å². The number of aliphatic hydroxyl groups excluding tert-OH is 1.